The van der Waals surface area contributed by atoms with Crippen molar-refractivity contribution in [1.29, 1.82) is 0 Å². The smallest absolute Gasteiger partial charge is 0.183 e. The van der Waals surface area contributed by atoms with Gasteiger partial charge in [-0.1, -0.05) is 29.8 Å². The molecule has 6 heteroatoms. The minimum absolute atomic E-state index is 0.0432. The quantitative estimate of drug-likeness (QED) is 0.862. The minimum atomic E-state index is -3.52. The van der Waals surface area contributed by atoms with Crippen LogP contribution in [-0.4, -0.2) is 20.8 Å². The van der Waals surface area contributed by atoms with Crippen molar-refractivity contribution in [3.63, 3.8) is 0 Å². The van der Waals surface area contributed by atoms with E-state index in [2.05, 4.69) is 0 Å². The molecule has 4 nitrogen and oxygen atoms in total. The highest BCUT2D eigenvalue weighted by Gasteiger charge is 2.18. The van der Waals surface area contributed by atoms with Crippen LogP contribution >= 0.6 is 11.6 Å². The lowest BCUT2D eigenvalue weighted by atomic mass is 10.3. The van der Waals surface area contributed by atoms with E-state index < -0.39 is 9.84 Å². The molecule has 0 saturated carbocycles. The summed E-state index contributed by atoms with van der Waals surface area (Å²) < 4.78 is 29.7. The summed E-state index contributed by atoms with van der Waals surface area (Å²) in [5, 5.41) is 0.335. The number of halogens is 1. The summed E-state index contributed by atoms with van der Waals surface area (Å²) in [7, 11) is -3.52. The Labute approximate surface area is 123 Å². The molecule has 0 bridgehead atoms. The van der Waals surface area contributed by atoms with E-state index in [1.165, 1.54) is 12.1 Å². The van der Waals surface area contributed by atoms with Crippen LogP contribution < -0.4 is 10.5 Å². The average Bonchev–Trinajstić information content (AvgIpc) is 2.42. The molecule has 0 saturated heterocycles. The fourth-order valence-corrected chi connectivity index (χ4v) is 3.17. The van der Waals surface area contributed by atoms with Crippen molar-refractivity contribution >= 4 is 27.1 Å². The van der Waals surface area contributed by atoms with Crippen LogP contribution in [-0.2, 0) is 9.84 Å². The molecule has 2 aromatic rings. The Hall–Kier alpha value is -1.72. The van der Waals surface area contributed by atoms with E-state index in [4.69, 9.17) is 22.1 Å². The maximum Gasteiger partial charge on any atom is 0.183 e. The molecule has 2 rings (SSSR count). The summed E-state index contributed by atoms with van der Waals surface area (Å²) in [6.45, 7) is 0.0539. The molecule has 0 unspecified atom stereocenters. The summed E-state index contributed by atoms with van der Waals surface area (Å²) in [4.78, 5) is 0.0432. The van der Waals surface area contributed by atoms with Crippen LogP contribution in [0, 0.1) is 0 Å². The molecule has 0 aliphatic heterocycles. The van der Waals surface area contributed by atoms with Crippen molar-refractivity contribution < 1.29 is 13.2 Å². The molecule has 0 atom stereocenters. The number of rotatable bonds is 5. The fraction of sp³-hybridized carbons (Fsp3) is 0.143. The van der Waals surface area contributed by atoms with Gasteiger partial charge in [-0.05, 0) is 30.3 Å². The molecule has 2 N–H and O–H groups in total. The number of ether oxygens (including phenoxy) is 1. The molecule has 0 aliphatic carbocycles. The Kier molecular flexibility index (Phi) is 4.52. The van der Waals surface area contributed by atoms with Gasteiger partial charge >= 0.3 is 0 Å². The lowest BCUT2D eigenvalue weighted by Crippen LogP contribution is -2.15. The molecule has 0 aromatic heterocycles. The molecule has 106 valence electrons. The highest BCUT2D eigenvalue weighted by Crippen LogP contribution is 2.23. The number of sulfone groups is 1. The number of hydrogen-bond acceptors (Lipinski definition) is 4. The second-order valence-electron chi connectivity index (χ2n) is 4.16. The number of nitrogen functional groups attached to an aromatic ring is 1. The molecular formula is C14H14ClNO3S. The van der Waals surface area contributed by atoms with Crippen LogP contribution in [0.3, 0.4) is 0 Å². The van der Waals surface area contributed by atoms with Crippen molar-refractivity contribution in [3.8, 4) is 5.75 Å². The normalized spacial score (nSPS) is 11.2. The second kappa shape index (κ2) is 6.15. The van der Waals surface area contributed by atoms with Gasteiger partial charge in [0.15, 0.2) is 9.84 Å². The second-order valence-corrected chi connectivity index (χ2v) is 6.68. The first-order valence-electron chi connectivity index (χ1n) is 5.95. The lowest BCUT2D eigenvalue weighted by Gasteiger charge is -2.09. The summed E-state index contributed by atoms with van der Waals surface area (Å²) >= 11 is 5.80. The fourth-order valence-electron chi connectivity index (χ4n) is 1.67. The van der Waals surface area contributed by atoms with Gasteiger partial charge in [0.1, 0.15) is 12.4 Å². The van der Waals surface area contributed by atoms with E-state index >= 15 is 0 Å². The Bertz CT molecular complexity index is 687. The molecule has 20 heavy (non-hydrogen) atoms. The van der Waals surface area contributed by atoms with Gasteiger partial charge in [0, 0.05) is 5.02 Å². The van der Waals surface area contributed by atoms with Gasteiger partial charge in [0.2, 0.25) is 0 Å². The zero-order chi connectivity index (χ0) is 14.6. The van der Waals surface area contributed by atoms with E-state index in [1.807, 2.05) is 18.2 Å². The van der Waals surface area contributed by atoms with Crippen LogP contribution in [0.4, 0.5) is 5.69 Å². The van der Waals surface area contributed by atoms with Gasteiger partial charge < -0.3 is 10.5 Å². The average molecular weight is 312 g/mol. The summed E-state index contributed by atoms with van der Waals surface area (Å²) in [6, 6.07) is 13.4. The topological polar surface area (TPSA) is 69.4 Å². The lowest BCUT2D eigenvalue weighted by molar-refractivity contribution is 0.341. The van der Waals surface area contributed by atoms with Crippen LogP contribution in [0.5, 0.6) is 5.75 Å². The summed E-state index contributed by atoms with van der Waals surface area (Å²) in [5.74, 6) is 0.466. The van der Waals surface area contributed by atoms with Crippen molar-refractivity contribution in [2.24, 2.45) is 0 Å². The van der Waals surface area contributed by atoms with E-state index in [1.54, 1.807) is 18.2 Å². The van der Waals surface area contributed by atoms with Crippen molar-refractivity contribution in [1.82, 2.24) is 0 Å². The first-order chi connectivity index (χ1) is 9.49. The number of nitrogens with two attached hydrogens (primary N) is 1. The predicted molar refractivity (Wildman–Crippen MR) is 79.9 cm³/mol. The Morgan fingerprint density at radius 3 is 2.50 bits per heavy atom. The Balaban J connectivity index is 2.06. The van der Waals surface area contributed by atoms with Crippen molar-refractivity contribution in [3.05, 3.63) is 53.6 Å². The number of hydrogen-bond donors (Lipinski definition) is 1. The minimum Gasteiger partial charge on any atom is -0.493 e. The highest BCUT2D eigenvalue weighted by molar-refractivity contribution is 7.91. The molecule has 0 amide bonds. The third-order valence-electron chi connectivity index (χ3n) is 2.67. The van der Waals surface area contributed by atoms with Crippen LogP contribution in [0.2, 0.25) is 5.02 Å². The maximum absolute atomic E-state index is 12.2. The molecule has 0 heterocycles. The summed E-state index contributed by atoms with van der Waals surface area (Å²) in [5.41, 5.74) is 5.87. The first-order valence-corrected chi connectivity index (χ1v) is 7.98. The molecule has 0 aliphatic rings. The van der Waals surface area contributed by atoms with E-state index in [-0.39, 0.29) is 22.9 Å². The van der Waals surface area contributed by atoms with Gasteiger partial charge in [0.05, 0.1) is 16.3 Å². The Morgan fingerprint density at radius 1 is 1.10 bits per heavy atom. The molecular weight excluding hydrogens is 298 g/mol. The number of para-hydroxylation sites is 1. The van der Waals surface area contributed by atoms with E-state index in [9.17, 15) is 8.42 Å². The SMILES string of the molecule is Nc1ccc(Cl)cc1S(=O)(=O)CCOc1ccccc1. The van der Waals surface area contributed by atoms with Gasteiger partial charge in [0.25, 0.3) is 0 Å². The summed E-state index contributed by atoms with van der Waals surface area (Å²) in [6.07, 6.45) is 0. The monoisotopic (exact) mass is 311 g/mol. The molecule has 0 spiro atoms. The number of anilines is 1. The van der Waals surface area contributed by atoms with Crippen LogP contribution in [0.1, 0.15) is 0 Å². The standard InChI is InChI=1S/C14H14ClNO3S/c15-11-6-7-13(16)14(10-11)20(17,18)9-8-19-12-4-2-1-3-5-12/h1-7,10H,8-9,16H2. The first kappa shape index (κ1) is 14.7. The third-order valence-corrected chi connectivity index (χ3v) is 4.64. The molecule has 0 fully saturated rings. The highest BCUT2D eigenvalue weighted by atomic mass is 35.5. The maximum atomic E-state index is 12.2. The van der Waals surface area contributed by atoms with Crippen molar-refractivity contribution in [2.45, 2.75) is 4.90 Å². The van der Waals surface area contributed by atoms with Gasteiger partial charge in [-0.3, -0.25) is 0 Å². The predicted octanol–water partition coefficient (Wildman–Crippen LogP) is 2.77. The Morgan fingerprint density at radius 2 is 1.80 bits per heavy atom. The zero-order valence-corrected chi connectivity index (χ0v) is 12.2. The van der Waals surface area contributed by atoms with Gasteiger partial charge in [-0.25, -0.2) is 8.42 Å². The van der Waals surface area contributed by atoms with Crippen LogP contribution in [0.15, 0.2) is 53.4 Å². The number of benzene rings is 2. The largest absolute Gasteiger partial charge is 0.493 e. The van der Waals surface area contributed by atoms with E-state index in [0.717, 1.165) is 0 Å². The molecule has 2 aromatic carbocycles. The van der Waals surface area contributed by atoms with Gasteiger partial charge in [-0.15, -0.1) is 0 Å². The van der Waals surface area contributed by atoms with Crippen LogP contribution in [0.25, 0.3) is 0 Å². The van der Waals surface area contributed by atoms with Crippen molar-refractivity contribution in [2.75, 3.05) is 18.1 Å². The zero-order valence-electron chi connectivity index (χ0n) is 10.6. The van der Waals surface area contributed by atoms with Gasteiger partial charge in [-0.2, -0.15) is 0 Å². The third kappa shape index (κ3) is 3.65. The molecule has 0 radical (unpaired) electrons. The van der Waals surface area contributed by atoms with E-state index in [0.29, 0.717) is 10.8 Å².